The maximum atomic E-state index is 12.7. The molecule has 0 spiro atoms. The van der Waals surface area contributed by atoms with Crippen molar-refractivity contribution in [1.82, 2.24) is 0 Å². The van der Waals surface area contributed by atoms with E-state index in [1.807, 2.05) is 0 Å². The molecule has 6 heteroatoms. The van der Waals surface area contributed by atoms with Crippen molar-refractivity contribution in [2.45, 2.75) is 258 Å². The fourth-order valence-electron chi connectivity index (χ4n) is 6.73. The molecule has 0 saturated carbocycles. The van der Waals surface area contributed by atoms with Gasteiger partial charge in [-0.05, 0) is 44.9 Å². The molecule has 0 fully saturated rings. The molecule has 312 valence electrons. The minimum absolute atomic E-state index is 0.0681. The molecule has 53 heavy (non-hydrogen) atoms. The Morgan fingerprint density at radius 2 is 0.623 bits per heavy atom. The van der Waals surface area contributed by atoms with Crippen LogP contribution in [0.25, 0.3) is 0 Å². The third-order valence-electron chi connectivity index (χ3n) is 10.3. The van der Waals surface area contributed by atoms with Gasteiger partial charge in [0.15, 0.2) is 6.10 Å². The monoisotopic (exact) mass is 749 g/mol. The lowest BCUT2D eigenvalue weighted by molar-refractivity contribution is -0.167. The molecule has 0 saturated heterocycles. The molecule has 0 aromatic carbocycles. The first kappa shape index (κ1) is 51.1. The summed E-state index contributed by atoms with van der Waals surface area (Å²) in [6.45, 7) is 6.61. The van der Waals surface area contributed by atoms with Gasteiger partial charge in [0.25, 0.3) is 0 Å². The third kappa shape index (κ3) is 41.2. The van der Waals surface area contributed by atoms with Crippen LogP contribution >= 0.6 is 0 Å². The smallest absolute Gasteiger partial charge is 0.306 e. The lowest BCUT2D eigenvalue weighted by Crippen LogP contribution is -2.30. The van der Waals surface area contributed by atoms with Crippen LogP contribution in [0.5, 0.6) is 0 Å². The number of hydrogen-bond acceptors (Lipinski definition) is 6. The van der Waals surface area contributed by atoms with Crippen LogP contribution in [0.3, 0.4) is 0 Å². The molecular weight excluding hydrogens is 661 g/mol. The fourth-order valence-corrected chi connectivity index (χ4v) is 6.73. The molecule has 0 unspecified atom stereocenters. The molecule has 0 aromatic heterocycles. The van der Waals surface area contributed by atoms with Crippen molar-refractivity contribution >= 4 is 17.9 Å². The molecule has 0 rings (SSSR count). The van der Waals surface area contributed by atoms with Gasteiger partial charge in [-0.2, -0.15) is 0 Å². The second-order valence-electron chi connectivity index (χ2n) is 15.7. The van der Waals surface area contributed by atoms with Crippen molar-refractivity contribution < 1.29 is 28.6 Å². The second-order valence-corrected chi connectivity index (χ2v) is 15.7. The number of esters is 3. The topological polar surface area (TPSA) is 78.9 Å². The van der Waals surface area contributed by atoms with Crippen molar-refractivity contribution in [3.63, 3.8) is 0 Å². The van der Waals surface area contributed by atoms with Crippen LogP contribution in [-0.2, 0) is 28.6 Å². The van der Waals surface area contributed by atoms with Gasteiger partial charge in [0.05, 0.1) is 0 Å². The summed E-state index contributed by atoms with van der Waals surface area (Å²) in [5.74, 6) is -0.870. The standard InChI is InChI=1S/C47H88O6/c1-4-7-10-13-16-19-22-23-26-28-31-34-37-40-46(49)52-43-44(53-47(50)41-38-35-32-29-25-21-18-15-12-9-6-3)42-51-45(48)39-36-33-30-27-24-20-17-14-11-8-5-2/h19,22,44H,4-18,20-21,23-43H2,1-3H3/b22-19-/t44-/m0/s1. The molecule has 0 aliphatic carbocycles. The van der Waals surface area contributed by atoms with E-state index in [1.54, 1.807) is 0 Å². The van der Waals surface area contributed by atoms with E-state index < -0.39 is 6.10 Å². The van der Waals surface area contributed by atoms with Crippen LogP contribution in [0.1, 0.15) is 252 Å². The van der Waals surface area contributed by atoms with Crippen LogP contribution in [0, 0.1) is 0 Å². The Balaban J connectivity index is 4.34. The van der Waals surface area contributed by atoms with E-state index >= 15 is 0 Å². The normalized spacial score (nSPS) is 12.0. The van der Waals surface area contributed by atoms with Crippen LogP contribution in [0.2, 0.25) is 0 Å². The van der Waals surface area contributed by atoms with E-state index in [-0.39, 0.29) is 31.1 Å². The first-order valence-corrected chi connectivity index (χ1v) is 23.2. The summed E-state index contributed by atoms with van der Waals surface area (Å²) >= 11 is 0. The van der Waals surface area contributed by atoms with E-state index in [9.17, 15) is 14.4 Å². The molecule has 6 nitrogen and oxygen atoms in total. The summed E-state index contributed by atoms with van der Waals surface area (Å²) in [4.78, 5) is 37.7. The Morgan fingerprint density at radius 3 is 0.962 bits per heavy atom. The molecule has 0 N–H and O–H groups in total. The Bertz CT molecular complexity index is 824. The Hall–Kier alpha value is -1.85. The van der Waals surface area contributed by atoms with Crippen molar-refractivity contribution in [3.8, 4) is 0 Å². The van der Waals surface area contributed by atoms with Gasteiger partial charge < -0.3 is 14.2 Å². The van der Waals surface area contributed by atoms with E-state index in [0.717, 1.165) is 64.2 Å². The number of hydrogen-bond donors (Lipinski definition) is 0. The lowest BCUT2D eigenvalue weighted by atomic mass is 10.1. The SMILES string of the molecule is CCCCCC/C=C\CCCCCCCC(=O)OC[C@H](COC(=O)CCCCCCCCCCCCC)OC(=O)CCCCCCCCCCCCC. The maximum absolute atomic E-state index is 12.7. The molecule has 0 radical (unpaired) electrons. The van der Waals surface area contributed by atoms with Gasteiger partial charge in [-0.15, -0.1) is 0 Å². The highest BCUT2D eigenvalue weighted by atomic mass is 16.6. The van der Waals surface area contributed by atoms with Gasteiger partial charge in [-0.1, -0.05) is 200 Å². The van der Waals surface area contributed by atoms with Crippen LogP contribution in [0.4, 0.5) is 0 Å². The van der Waals surface area contributed by atoms with Gasteiger partial charge in [0, 0.05) is 19.3 Å². The minimum Gasteiger partial charge on any atom is -0.462 e. The van der Waals surface area contributed by atoms with Crippen molar-refractivity contribution in [2.75, 3.05) is 13.2 Å². The quantitative estimate of drug-likeness (QED) is 0.0268. The summed E-state index contributed by atoms with van der Waals surface area (Å²) in [6, 6.07) is 0. The predicted octanol–water partition coefficient (Wildman–Crippen LogP) is 14.6. The molecule has 0 heterocycles. The number of carbonyl (C=O) groups excluding carboxylic acids is 3. The Kier molecular flexibility index (Phi) is 41.4. The second kappa shape index (κ2) is 42.9. The first-order chi connectivity index (χ1) is 26.0. The van der Waals surface area contributed by atoms with Crippen LogP contribution < -0.4 is 0 Å². The van der Waals surface area contributed by atoms with Crippen LogP contribution in [0.15, 0.2) is 12.2 Å². The zero-order valence-corrected chi connectivity index (χ0v) is 35.6. The highest BCUT2D eigenvalue weighted by molar-refractivity contribution is 5.71. The number of ether oxygens (including phenoxy) is 3. The van der Waals surface area contributed by atoms with Crippen molar-refractivity contribution in [1.29, 1.82) is 0 Å². The number of rotatable bonds is 42. The highest BCUT2D eigenvalue weighted by Crippen LogP contribution is 2.15. The summed E-state index contributed by atoms with van der Waals surface area (Å²) < 4.78 is 16.7. The van der Waals surface area contributed by atoms with E-state index in [0.29, 0.717) is 19.3 Å². The molecule has 0 aliphatic rings. The van der Waals surface area contributed by atoms with Crippen molar-refractivity contribution in [2.24, 2.45) is 0 Å². The predicted molar refractivity (Wildman–Crippen MR) is 224 cm³/mol. The molecule has 0 amide bonds. The zero-order chi connectivity index (χ0) is 38.7. The molecular formula is C47H88O6. The number of allylic oxidation sites excluding steroid dienone is 2. The largest absolute Gasteiger partial charge is 0.462 e. The summed E-state index contributed by atoms with van der Waals surface area (Å²) in [6.07, 6.45) is 44.7. The van der Waals surface area contributed by atoms with Gasteiger partial charge in [0.2, 0.25) is 0 Å². The summed E-state index contributed by atoms with van der Waals surface area (Å²) in [7, 11) is 0. The Labute approximate surface area is 329 Å². The zero-order valence-electron chi connectivity index (χ0n) is 35.6. The first-order valence-electron chi connectivity index (χ1n) is 23.2. The molecule has 0 aromatic rings. The van der Waals surface area contributed by atoms with Crippen molar-refractivity contribution in [3.05, 3.63) is 12.2 Å². The molecule has 1 atom stereocenters. The van der Waals surface area contributed by atoms with Gasteiger partial charge in [-0.3, -0.25) is 14.4 Å². The highest BCUT2D eigenvalue weighted by Gasteiger charge is 2.19. The summed E-state index contributed by atoms with van der Waals surface area (Å²) in [5, 5.41) is 0. The van der Waals surface area contributed by atoms with Gasteiger partial charge in [0.1, 0.15) is 13.2 Å². The van der Waals surface area contributed by atoms with Gasteiger partial charge in [-0.25, -0.2) is 0 Å². The number of carbonyl (C=O) groups is 3. The maximum Gasteiger partial charge on any atom is 0.306 e. The molecule has 0 bridgehead atoms. The third-order valence-corrected chi connectivity index (χ3v) is 10.3. The van der Waals surface area contributed by atoms with E-state index in [4.69, 9.17) is 14.2 Å². The van der Waals surface area contributed by atoms with Crippen LogP contribution in [-0.4, -0.2) is 37.2 Å². The average molecular weight is 749 g/mol. The fraction of sp³-hybridized carbons (Fsp3) is 0.894. The molecule has 0 aliphatic heterocycles. The minimum atomic E-state index is -0.764. The summed E-state index contributed by atoms with van der Waals surface area (Å²) in [5.41, 5.74) is 0. The van der Waals surface area contributed by atoms with E-state index in [1.165, 1.54) is 148 Å². The average Bonchev–Trinajstić information content (AvgIpc) is 3.15. The van der Waals surface area contributed by atoms with Gasteiger partial charge >= 0.3 is 17.9 Å². The lowest BCUT2D eigenvalue weighted by Gasteiger charge is -2.18. The van der Waals surface area contributed by atoms with E-state index in [2.05, 4.69) is 32.9 Å². The Morgan fingerprint density at radius 1 is 0.358 bits per heavy atom. The number of unbranched alkanes of at least 4 members (excludes halogenated alkanes) is 29.